The monoisotopic (exact) mass is 220 g/mol. The van der Waals surface area contributed by atoms with E-state index in [4.69, 9.17) is 0 Å². The van der Waals surface area contributed by atoms with Crippen molar-refractivity contribution in [1.82, 2.24) is 4.98 Å². The Morgan fingerprint density at radius 1 is 1.62 bits per heavy atom. The van der Waals surface area contributed by atoms with Crippen molar-refractivity contribution >= 4 is 11.7 Å². The molecule has 16 heavy (non-hydrogen) atoms. The first-order valence-corrected chi connectivity index (χ1v) is 5.41. The van der Waals surface area contributed by atoms with Gasteiger partial charge in [-0.25, -0.2) is 9.78 Å². The lowest BCUT2D eigenvalue weighted by Gasteiger charge is -2.11. The standard InChI is InChI=1S/C12H16N2O2/c1-12(4-5-12)8-14-9-3-6-13-10(7-9)11(15)16-2/h3,6-7H,4-5,8H2,1-2H3,(H,13,14). The van der Waals surface area contributed by atoms with Crippen molar-refractivity contribution in [2.24, 2.45) is 5.41 Å². The van der Waals surface area contributed by atoms with Crippen LogP contribution in [0.3, 0.4) is 0 Å². The molecule has 0 saturated heterocycles. The molecule has 0 aromatic carbocycles. The molecule has 2 rings (SSSR count). The van der Waals surface area contributed by atoms with Crippen molar-refractivity contribution < 1.29 is 9.53 Å². The lowest BCUT2D eigenvalue weighted by molar-refractivity contribution is 0.0594. The summed E-state index contributed by atoms with van der Waals surface area (Å²) in [4.78, 5) is 15.2. The first kappa shape index (κ1) is 10.9. The number of anilines is 1. The highest BCUT2D eigenvalue weighted by Gasteiger charge is 2.36. The third-order valence-electron chi connectivity index (χ3n) is 2.98. The van der Waals surface area contributed by atoms with E-state index < -0.39 is 5.97 Å². The molecule has 4 heteroatoms. The summed E-state index contributed by atoms with van der Waals surface area (Å²) in [6.45, 7) is 3.19. The molecule has 0 aliphatic heterocycles. The van der Waals surface area contributed by atoms with Crippen LogP contribution in [-0.2, 0) is 4.74 Å². The maximum absolute atomic E-state index is 11.3. The van der Waals surface area contributed by atoms with E-state index in [0.717, 1.165) is 12.2 Å². The quantitative estimate of drug-likeness (QED) is 0.789. The normalized spacial score (nSPS) is 16.6. The molecule has 1 fully saturated rings. The second kappa shape index (κ2) is 4.12. The van der Waals surface area contributed by atoms with Crippen LogP contribution in [0.2, 0.25) is 0 Å². The van der Waals surface area contributed by atoms with Crippen molar-refractivity contribution in [2.75, 3.05) is 19.0 Å². The van der Waals surface area contributed by atoms with Crippen molar-refractivity contribution in [3.63, 3.8) is 0 Å². The summed E-state index contributed by atoms with van der Waals surface area (Å²) in [7, 11) is 1.36. The summed E-state index contributed by atoms with van der Waals surface area (Å²) >= 11 is 0. The van der Waals surface area contributed by atoms with E-state index in [1.54, 1.807) is 12.3 Å². The Labute approximate surface area is 95.0 Å². The summed E-state index contributed by atoms with van der Waals surface area (Å²) in [6.07, 6.45) is 4.16. The number of hydrogen-bond acceptors (Lipinski definition) is 4. The van der Waals surface area contributed by atoms with Crippen molar-refractivity contribution in [3.05, 3.63) is 24.0 Å². The second-order valence-corrected chi connectivity index (χ2v) is 4.59. The molecule has 1 aromatic heterocycles. The second-order valence-electron chi connectivity index (χ2n) is 4.59. The number of carbonyl (C=O) groups excluding carboxylic acids is 1. The van der Waals surface area contributed by atoms with Crippen LogP contribution in [0.4, 0.5) is 5.69 Å². The average molecular weight is 220 g/mol. The molecule has 0 radical (unpaired) electrons. The Kier molecular flexibility index (Phi) is 2.81. The van der Waals surface area contributed by atoms with Crippen LogP contribution in [0.15, 0.2) is 18.3 Å². The first-order valence-electron chi connectivity index (χ1n) is 5.41. The minimum absolute atomic E-state index is 0.341. The lowest BCUT2D eigenvalue weighted by atomic mass is 10.1. The minimum atomic E-state index is -0.402. The number of nitrogens with one attached hydrogen (secondary N) is 1. The fraction of sp³-hybridized carbons (Fsp3) is 0.500. The van der Waals surface area contributed by atoms with Crippen molar-refractivity contribution in [1.29, 1.82) is 0 Å². The van der Waals surface area contributed by atoms with Crippen LogP contribution in [0, 0.1) is 5.41 Å². The number of carbonyl (C=O) groups is 1. The van der Waals surface area contributed by atoms with E-state index in [9.17, 15) is 4.79 Å². The van der Waals surface area contributed by atoms with Gasteiger partial charge in [-0.3, -0.25) is 0 Å². The van der Waals surface area contributed by atoms with E-state index >= 15 is 0 Å². The highest BCUT2D eigenvalue weighted by molar-refractivity contribution is 5.88. The number of aromatic nitrogens is 1. The van der Waals surface area contributed by atoms with Crippen molar-refractivity contribution in [3.8, 4) is 0 Å². The molecule has 1 aromatic rings. The van der Waals surface area contributed by atoms with Gasteiger partial charge in [-0.2, -0.15) is 0 Å². The molecule has 1 N–H and O–H groups in total. The summed E-state index contributed by atoms with van der Waals surface area (Å²) in [5, 5.41) is 3.32. The Morgan fingerprint density at radius 3 is 3.00 bits per heavy atom. The summed E-state index contributed by atoms with van der Waals surface area (Å²) in [5.41, 5.74) is 1.70. The average Bonchev–Trinajstić information content (AvgIpc) is 3.05. The van der Waals surface area contributed by atoms with Gasteiger partial charge in [-0.1, -0.05) is 6.92 Å². The number of pyridine rings is 1. The van der Waals surface area contributed by atoms with E-state index in [1.165, 1.54) is 20.0 Å². The van der Waals surface area contributed by atoms with Gasteiger partial charge in [0.2, 0.25) is 0 Å². The summed E-state index contributed by atoms with van der Waals surface area (Å²) in [6, 6.07) is 3.58. The van der Waals surface area contributed by atoms with Crippen LogP contribution >= 0.6 is 0 Å². The lowest BCUT2D eigenvalue weighted by Crippen LogP contribution is -2.12. The fourth-order valence-corrected chi connectivity index (χ4v) is 1.46. The Balaban J connectivity index is 2.01. The SMILES string of the molecule is COC(=O)c1cc(NCC2(C)CC2)ccn1. The molecule has 0 unspecified atom stereocenters. The van der Waals surface area contributed by atoms with E-state index in [-0.39, 0.29) is 0 Å². The Morgan fingerprint density at radius 2 is 2.38 bits per heavy atom. The molecule has 0 amide bonds. The zero-order valence-electron chi connectivity index (χ0n) is 9.62. The summed E-state index contributed by atoms with van der Waals surface area (Å²) in [5.74, 6) is -0.402. The van der Waals surface area contributed by atoms with Gasteiger partial charge in [0, 0.05) is 18.4 Å². The molecule has 1 saturated carbocycles. The van der Waals surface area contributed by atoms with E-state index in [2.05, 4.69) is 22.0 Å². The van der Waals surface area contributed by atoms with E-state index in [0.29, 0.717) is 11.1 Å². The van der Waals surface area contributed by atoms with Crippen LogP contribution in [0.25, 0.3) is 0 Å². The number of ether oxygens (including phenoxy) is 1. The molecule has 4 nitrogen and oxygen atoms in total. The molecule has 0 atom stereocenters. The van der Waals surface area contributed by atoms with Gasteiger partial charge in [0.25, 0.3) is 0 Å². The first-order chi connectivity index (χ1) is 7.63. The van der Waals surface area contributed by atoms with Crippen LogP contribution in [0.5, 0.6) is 0 Å². The third-order valence-corrected chi connectivity index (χ3v) is 2.98. The fourth-order valence-electron chi connectivity index (χ4n) is 1.46. The molecule has 0 spiro atoms. The molecule has 1 aliphatic rings. The third kappa shape index (κ3) is 2.51. The van der Waals surface area contributed by atoms with Crippen LogP contribution in [-0.4, -0.2) is 24.6 Å². The molecule has 1 heterocycles. The van der Waals surface area contributed by atoms with Gasteiger partial charge in [0.1, 0.15) is 5.69 Å². The van der Waals surface area contributed by atoms with Crippen LogP contribution < -0.4 is 5.32 Å². The molecular formula is C12H16N2O2. The van der Waals surface area contributed by atoms with E-state index in [1.807, 2.05) is 6.07 Å². The predicted octanol–water partition coefficient (Wildman–Crippen LogP) is 2.08. The largest absolute Gasteiger partial charge is 0.464 e. The van der Waals surface area contributed by atoms with Gasteiger partial charge in [0.15, 0.2) is 0 Å². The maximum atomic E-state index is 11.3. The Hall–Kier alpha value is -1.58. The smallest absolute Gasteiger partial charge is 0.356 e. The maximum Gasteiger partial charge on any atom is 0.356 e. The van der Waals surface area contributed by atoms with Gasteiger partial charge in [-0.15, -0.1) is 0 Å². The minimum Gasteiger partial charge on any atom is -0.464 e. The number of esters is 1. The predicted molar refractivity (Wildman–Crippen MR) is 61.4 cm³/mol. The highest BCUT2D eigenvalue weighted by atomic mass is 16.5. The highest BCUT2D eigenvalue weighted by Crippen LogP contribution is 2.44. The number of methoxy groups -OCH3 is 1. The topological polar surface area (TPSA) is 51.2 Å². The van der Waals surface area contributed by atoms with Gasteiger partial charge in [-0.05, 0) is 30.4 Å². The zero-order valence-corrected chi connectivity index (χ0v) is 9.62. The molecule has 86 valence electrons. The number of nitrogens with zero attached hydrogens (tertiary/aromatic N) is 1. The zero-order chi connectivity index (χ0) is 11.6. The van der Waals surface area contributed by atoms with Gasteiger partial charge in [0.05, 0.1) is 7.11 Å². The Bertz CT molecular complexity index is 400. The van der Waals surface area contributed by atoms with Gasteiger partial charge < -0.3 is 10.1 Å². The summed E-state index contributed by atoms with van der Waals surface area (Å²) < 4.78 is 4.62. The van der Waals surface area contributed by atoms with Crippen LogP contribution in [0.1, 0.15) is 30.3 Å². The molecular weight excluding hydrogens is 204 g/mol. The van der Waals surface area contributed by atoms with Crippen molar-refractivity contribution in [2.45, 2.75) is 19.8 Å². The molecule has 1 aliphatic carbocycles. The molecule has 0 bridgehead atoms. The van der Waals surface area contributed by atoms with Gasteiger partial charge >= 0.3 is 5.97 Å². The number of hydrogen-bond donors (Lipinski definition) is 1. The number of rotatable bonds is 4.